The fourth-order valence-electron chi connectivity index (χ4n) is 7.71. The first-order valence-electron chi connectivity index (χ1n) is 17.7. The minimum Gasteiger partial charge on any atom is -0.355 e. The summed E-state index contributed by atoms with van der Waals surface area (Å²) in [4.78, 5) is 0. The fourth-order valence-corrected chi connectivity index (χ4v) is 7.71. The van der Waals surface area contributed by atoms with Gasteiger partial charge in [0.1, 0.15) is 0 Å². The summed E-state index contributed by atoms with van der Waals surface area (Å²) in [6.07, 6.45) is 0. The summed E-state index contributed by atoms with van der Waals surface area (Å²) in [5.74, 6) is 0. The van der Waals surface area contributed by atoms with Gasteiger partial charge in [-0.15, -0.1) is 0 Å². The third-order valence-corrected chi connectivity index (χ3v) is 9.99. The molecule has 0 aliphatic rings. The predicted octanol–water partition coefficient (Wildman–Crippen LogP) is 13.0. The van der Waals surface area contributed by atoms with Crippen LogP contribution in [0.4, 0.5) is 22.7 Å². The lowest BCUT2D eigenvalue weighted by atomic mass is 10.0. The molecule has 0 atom stereocenters. The van der Waals surface area contributed by atoms with Crippen LogP contribution in [0.15, 0.2) is 194 Å². The molecule has 4 heteroatoms. The number of hydrogen-bond acceptors (Lipinski definition) is 2. The lowest BCUT2D eigenvalue weighted by molar-refractivity contribution is 1.18. The van der Waals surface area contributed by atoms with Gasteiger partial charge in [-0.25, -0.2) is 0 Å². The Labute approximate surface area is 301 Å². The minimum absolute atomic E-state index is 1.01. The van der Waals surface area contributed by atoms with Gasteiger partial charge < -0.3 is 19.8 Å². The first kappa shape index (κ1) is 29.8. The Bertz CT molecular complexity index is 2890. The van der Waals surface area contributed by atoms with E-state index < -0.39 is 0 Å². The van der Waals surface area contributed by atoms with Crippen LogP contribution in [0, 0.1) is 0 Å². The average molecular weight is 667 g/mol. The Balaban J connectivity index is 1.06. The molecule has 2 N–H and O–H groups in total. The minimum atomic E-state index is 1.01. The van der Waals surface area contributed by atoms with Crippen LogP contribution in [-0.2, 0) is 0 Å². The number of nitrogens with one attached hydrogen (secondary N) is 2. The van der Waals surface area contributed by atoms with Crippen LogP contribution < -0.4 is 10.6 Å². The Morgan fingerprint density at radius 1 is 0.269 bits per heavy atom. The van der Waals surface area contributed by atoms with E-state index in [2.05, 4.69) is 214 Å². The first-order chi connectivity index (χ1) is 25.8. The van der Waals surface area contributed by atoms with Crippen LogP contribution in [0.25, 0.3) is 66.1 Å². The number of anilines is 4. The normalized spacial score (nSPS) is 11.5. The van der Waals surface area contributed by atoms with Crippen molar-refractivity contribution in [2.45, 2.75) is 0 Å². The highest BCUT2D eigenvalue weighted by Gasteiger charge is 2.15. The molecule has 4 nitrogen and oxygen atoms in total. The third-order valence-electron chi connectivity index (χ3n) is 9.99. The Hall–Kier alpha value is -7.04. The Morgan fingerprint density at radius 2 is 0.731 bits per heavy atom. The van der Waals surface area contributed by atoms with Crippen LogP contribution in [0.3, 0.4) is 0 Å². The maximum Gasteiger partial charge on any atom is 0.0561 e. The van der Waals surface area contributed by atoms with Gasteiger partial charge in [0, 0.05) is 55.7 Å². The van der Waals surface area contributed by atoms with E-state index in [0.29, 0.717) is 0 Å². The van der Waals surface area contributed by atoms with Gasteiger partial charge in [0.25, 0.3) is 0 Å². The summed E-state index contributed by atoms with van der Waals surface area (Å²) < 4.78 is 4.70. The van der Waals surface area contributed by atoms with Crippen LogP contribution in [-0.4, -0.2) is 9.13 Å². The second-order valence-corrected chi connectivity index (χ2v) is 13.3. The van der Waals surface area contributed by atoms with Crippen molar-refractivity contribution in [3.63, 3.8) is 0 Å². The summed E-state index contributed by atoms with van der Waals surface area (Å²) in [6, 6.07) is 69.1. The second-order valence-electron chi connectivity index (χ2n) is 13.3. The smallest absolute Gasteiger partial charge is 0.0561 e. The van der Waals surface area contributed by atoms with Crippen molar-refractivity contribution in [2.24, 2.45) is 0 Å². The van der Waals surface area contributed by atoms with Crippen molar-refractivity contribution < 1.29 is 0 Å². The lowest BCUT2D eigenvalue weighted by Crippen LogP contribution is -1.97. The molecule has 0 amide bonds. The van der Waals surface area contributed by atoms with E-state index in [1.165, 1.54) is 38.1 Å². The summed E-state index contributed by atoms with van der Waals surface area (Å²) in [6.45, 7) is 0. The van der Waals surface area contributed by atoms with E-state index in [4.69, 9.17) is 0 Å². The molecule has 0 spiro atoms. The van der Waals surface area contributed by atoms with Gasteiger partial charge in [0.05, 0.1) is 22.1 Å². The number of hydrogen-bond donors (Lipinski definition) is 2. The molecule has 8 aromatic carbocycles. The van der Waals surface area contributed by atoms with Gasteiger partial charge in [-0.1, -0.05) is 109 Å². The van der Waals surface area contributed by atoms with Crippen molar-refractivity contribution in [3.05, 3.63) is 194 Å². The van der Waals surface area contributed by atoms with Gasteiger partial charge in [0.2, 0.25) is 0 Å². The van der Waals surface area contributed by atoms with Crippen molar-refractivity contribution in [1.29, 1.82) is 0 Å². The maximum absolute atomic E-state index is 3.77. The summed E-state index contributed by atoms with van der Waals surface area (Å²) in [5, 5.41) is 12.5. The monoisotopic (exact) mass is 666 g/mol. The molecule has 2 aromatic heterocycles. The quantitative estimate of drug-likeness (QED) is 0.177. The first-order valence-corrected chi connectivity index (χ1v) is 17.7. The number of para-hydroxylation sites is 4. The van der Waals surface area contributed by atoms with Gasteiger partial charge >= 0.3 is 0 Å². The molecule has 0 saturated carbocycles. The van der Waals surface area contributed by atoms with E-state index in [9.17, 15) is 0 Å². The molecule has 2 heterocycles. The van der Waals surface area contributed by atoms with Crippen LogP contribution in [0.2, 0.25) is 0 Å². The van der Waals surface area contributed by atoms with Crippen LogP contribution in [0.5, 0.6) is 0 Å². The Kier molecular flexibility index (Phi) is 7.10. The van der Waals surface area contributed by atoms with E-state index in [0.717, 1.165) is 50.8 Å². The molecule has 0 aliphatic heterocycles. The van der Waals surface area contributed by atoms with Crippen LogP contribution in [0.1, 0.15) is 0 Å². The van der Waals surface area contributed by atoms with E-state index >= 15 is 0 Å². The number of nitrogens with zero attached hydrogens (tertiary/aromatic N) is 2. The van der Waals surface area contributed by atoms with E-state index in [1.807, 2.05) is 0 Å². The second kappa shape index (κ2) is 12.4. The third kappa shape index (κ3) is 5.17. The van der Waals surface area contributed by atoms with Gasteiger partial charge in [0.15, 0.2) is 0 Å². The molecular weight excluding hydrogens is 633 g/mol. The summed E-state index contributed by atoms with van der Waals surface area (Å²) in [5.41, 5.74) is 13.4. The number of fused-ring (bicyclic) bond motifs is 6. The van der Waals surface area contributed by atoms with Gasteiger partial charge in [-0.3, -0.25) is 0 Å². The molecular formula is C48H34N4. The zero-order valence-corrected chi connectivity index (χ0v) is 28.4. The van der Waals surface area contributed by atoms with E-state index in [-0.39, 0.29) is 0 Å². The SMILES string of the molecule is c1ccc(-c2cc(Nc3ccc4c(c3)c3ccccc3n4-c3ccccc3)cc(Nc3ccc4c5ccccc5n(-c5ccccc5)c4c3)c2)cc1. The average Bonchev–Trinajstić information content (AvgIpc) is 3.71. The molecule has 0 unspecified atom stereocenters. The molecule has 0 fully saturated rings. The van der Waals surface area contributed by atoms with Crippen molar-refractivity contribution in [1.82, 2.24) is 9.13 Å². The topological polar surface area (TPSA) is 33.9 Å². The molecule has 0 saturated heterocycles. The maximum atomic E-state index is 3.77. The molecule has 10 aromatic rings. The number of benzene rings is 8. The summed E-state index contributed by atoms with van der Waals surface area (Å²) >= 11 is 0. The van der Waals surface area contributed by atoms with Crippen molar-refractivity contribution >= 4 is 66.4 Å². The van der Waals surface area contributed by atoms with Gasteiger partial charge in [-0.05, 0) is 96.1 Å². The highest BCUT2D eigenvalue weighted by Crippen LogP contribution is 2.37. The van der Waals surface area contributed by atoms with Crippen LogP contribution >= 0.6 is 0 Å². The zero-order chi connectivity index (χ0) is 34.4. The highest BCUT2D eigenvalue weighted by molar-refractivity contribution is 6.11. The van der Waals surface area contributed by atoms with Crippen molar-refractivity contribution in [3.8, 4) is 22.5 Å². The fraction of sp³-hybridized carbons (Fsp3) is 0. The Morgan fingerprint density at radius 3 is 1.37 bits per heavy atom. The number of aromatic nitrogens is 2. The lowest BCUT2D eigenvalue weighted by Gasteiger charge is -2.15. The molecule has 52 heavy (non-hydrogen) atoms. The van der Waals surface area contributed by atoms with Gasteiger partial charge in [-0.2, -0.15) is 0 Å². The molecule has 0 bridgehead atoms. The molecule has 246 valence electrons. The molecule has 0 aliphatic carbocycles. The standard InChI is InChI=1S/C48H34N4/c1-4-14-33(15-5-1)34-28-37(49-35-25-27-47-44(31-35)42-21-11-13-23-46(42)51(47)39-16-6-2-7-17-39)30-38(29-34)50-36-24-26-43-41-20-10-12-22-45(41)52(48(43)32-36)40-18-8-3-9-19-40/h1-32,49-50H. The molecule has 10 rings (SSSR count). The zero-order valence-electron chi connectivity index (χ0n) is 28.4. The largest absolute Gasteiger partial charge is 0.355 e. The molecule has 0 radical (unpaired) electrons. The van der Waals surface area contributed by atoms with E-state index in [1.54, 1.807) is 0 Å². The summed E-state index contributed by atoms with van der Waals surface area (Å²) in [7, 11) is 0. The number of rotatable bonds is 7. The highest BCUT2D eigenvalue weighted by atomic mass is 15.0. The predicted molar refractivity (Wildman–Crippen MR) is 220 cm³/mol. The van der Waals surface area contributed by atoms with Crippen molar-refractivity contribution in [2.75, 3.05) is 10.6 Å².